The van der Waals surface area contributed by atoms with Gasteiger partial charge in [-0.3, -0.25) is 9.69 Å². The summed E-state index contributed by atoms with van der Waals surface area (Å²) in [5.41, 5.74) is 0.856. The maximum absolute atomic E-state index is 11.5. The lowest BCUT2D eigenvalue weighted by atomic mass is 10.3. The number of rotatable bonds is 2. The molecular weight excluding hydrogens is 178 g/mol. The lowest BCUT2D eigenvalue weighted by Crippen LogP contribution is -2.34. The fourth-order valence-corrected chi connectivity index (χ4v) is 1.50. The van der Waals surface area contributed by atoms with Crippen LogP contribution < -0.4 is 4.90 Å². The molecule has 1 unspecified atom stereocenters. The molecule has 1 heterocycles. The lowest BCUT2D eigenvalue weighted by molar-refractivity contribution is -0.114. The summed E-state index contributed by atoms with van der Waals surface area (Å²) in [4.78, 5) is 13.1. The molecule has 1 atom stereocenters. The van der Waals surface area contributed by atoms with E-state index in [1.54, 1.807) is 18.1 Å². The van der Waals surface area contributed by atoms with Crippen molar-refractivity contribution < 1.29 is 9.53 Å². The molecule has 1 aromatic rings. The quantitative estimate of drug-likeness (QED) is 0.706. The molecule has 0 radical (unpaired) electrons. The van der Waals surface area contributed by atoms with Crippen LogP contribution in [-0.4, -0.2) is 19.2 Å². The van der Waals surface area contributed by atoms with Crippen LogP contribution in [-0.2, 0) is 9.53 Å². The molecule has 0 saturated heterocycles. The van der Waals surface area contributed by atoms with E-state index in [2.05, 4.69) is 0 Å². The third-order valence-corrected chi connectivity index (χ3v) is 2.17. The summed E-state index contributed by atoms with van der Waals surface area (Å²) < 4.78 is 5.17. The van der Waals surface area contributed by atoms with Crippen molar-refractivity contribution in [1.29, 1.82) is 0 Å². The molecule has 0 saturated carbocycles. The number of methoxy groups -OCH3 is 1. The zero-order valence-corrected chi connectivity index (χ0v) is 7.88. The molecule has 0 spiro atoms. The van der Waals surface area contributed by atoms with Gasteiger partial charge < -0.3 is 4.74 Å². The Morgan fingerprint density at radius 1 is 1.29 bits per heavy atom. The number of hydrogen-bond donors (Lipinski definition) is 0. The highest BCUT2D eigenvalue weighted by Crippen LogP contribution is 2.21. The van der Waals surface area contributed by atoms with E-state index in [0.29, 0.717) is 0 Å². The highest BCUT2D eigenvalue weighted by molar-refractivity contribution is 6.04. The van der Waals surface area contributed by atoms with Crippen molar-refractivity contribution in [2.75, 3.05) is 12.0 Å². The van der Waals surface area contributed by atoms with Crippen LogP contribution in [0.2, 0.25) is 0 Å². The van der Waals surface area contributed by atoms with Gasteiger partial charge in [0, 0.05) is 18.9 Å². The van der Waals surface area contributed by atoms with Gasteiger partial charge in [0.05, 0.1) is 0 Å². The summed E-state index contributed by atoms with van der Waals surface area (Å²) in [7, 11) is 1.59. The monoisotopic (exact) mass is 189 g/mol. The van der Waals surface area contributed by atoms with Crippen molar-refractivity contribution in [3.05, 3.63) is 42.5 Å². The maximum atomic E-state index is 11.5. The summed E-state index contributed by atoms with van der Waals surface area (Å²) in [6.45, 7) is 0. The molecule has 0 aromatic heterocycles. The summed E-state index contributed by atoms with van der Waals surface area (Å²) in [6, 6.07) is 9.48. The van der Waals surface area contributed by atoms with Crippen molar-refractivity contribution in [3.8, 4) is 0 Å². The molecule has 1 aliphatic rings. The molecular formula is C11H11NO2. The Hall–Kier alpha value is -1.61. The first-order valence-electron chi connectivity index (χ1n) is 4.42. The van der Waals surface area contributed by atoms with Gasteiger partial charge >= 0.3 is 0 Å². The topological polar surface area (TPSA) is 29.5 Å². The Labute approximate surface area is 82.6 Å². The van der Waals surface area contributed by atoms with Crippen LogP contribution in [0.15, 0.2) is 42.5 Å². The van der Waals surface area contributed by atoms with Gasteiger partial charge in [0.25, 0.3) is 5.91 Å². The van der Waals surface area contributed by atoms with Crippen molar-refractivity contribution in [1.82, 2.24) is 0 Å². The number of para-hydroxylation sites is 1. The Morgan fingerprint density at radius 2 is 2.00 bits per heavy atom. The smallest absolute Gasteiger partial charge is 0.253 e. The first-order valence-corrected chi connectivity index (χ1v) is 4.42. The van der Waals surface area contributed by atoms with Crippen molar-refractivity contribution in [2.45, 2.75) is 6.23 Å². The number of carbonyl (C=O) groups is 1. The van der Waals surface area contributed by atoms with E-state index in [9.17, 15) is 4.79 Å². The number of carbonyl (C=O) groups excluding carboxylic acids is 1. The maximum Gasteiger partial charge on any atom is 0.253 e. The van der Waals surface area contributed by atoms with Gasteiger partial charge in [-0.25, -0.2) is 0 Å². The van der Waals surface area contributed by atoms with Gasteiger partial charge in [0.15, 0.2) is 6.23 Å². The minimum atomic E-state index is -0.273. The predicted octanol–water partition coefficient (Wildman–Crippen LogP) is 1.56. The van der Waals surface area contributed by atoms with Gasteiger partial charge in [-0.05, 0) is 18.2 Å². The molecule has 0 bridgehead atoms. The second kappa shape index (κ2) is 3.64. The Morgan fingerprint density at radius 3 is 2.64 bits per heavy atom. The molecule has 72 valence electrons. The number of ether oxygens (including phenoxy) is 1. The zero-order chi connectivity index (χ0) is 9.97. The molecule has 3 heteroatoms. The largest absolute Gasteiger partial charge is 0.357 e. The molecule has 1 aromatic carbocycles. The van der Waals surface area contributed by atoms with E-state index in [-0.39, 0.29) is 12.1 Å². The van der Waals surface area contributed by atoms with E-state index in [1.165, 1.54) is 6.08 Å². The SMILES string of the molecule is COC1C=CC(=O)N1c1ccccc1. The van der Waals surface area contributed by atoms with E-state index in [4.69, 9.17) is 4.74 Å². The van der Waals surface area contributed by atoms with Gasteiger partial charge in [-0.1, -0.05) is 18.2 Å². The predicted molar refractivity (Wildman–Crippen MR) is 53.9 cm³/mol. The normalized spacial score (nSPS) is 20.5. The van der Waals surface area contributed by atoms with Crippen LogP contribution in [0.5, 0.6) is 0 Å². The minimum absolute atomic E-state index is 0.0388. The number of hydrogen-bond acceptors (Lipinski definition) is 2. The molecule has 1 amide bonds. The average molecular weight is 189 g/mol. The van der Waals surface area contributed by atoms with Crippen molar-refractivity contribution in [2.24, 2.45) is 0 Å². The van der Waals surface area contributed by atoms with E-state index in [1.807, 2.05) is 30.3 Å². The third kappa shape index (κ3) is 1.42. The van der Waals surface area contributed by atoms with Crippen molar-refractivity contribution in [3.63, 3.8) is 0 Å². The molecule has 14 heavy (non-hydrogen) atoms. The minimum Gasteiger partial charge on any atom is -0.357 e. The molecule has 0 aliphatic carbocycles. The van der Waals surface area contributed by atoms with Gasteiger partial charge in [-0.2, -0.15) is 0 Å². The Bertz CT molecular complexity index is 359. The third-order valence-electron chi connectivity index (χ3n) is 2.17. The van der Waals surface area contributed by atoms with Crippen molar-refractivity contribution >= 4 is 11.6 Å². The fourth-order valence-electron chi connectivity index (χ4n) is 1.50. The van der Waals surface area contributed by atoms with Crippen LogP contribution in [0.25, 0.3) is 0 Å². The first kappa shape index (κ1) is 8.97. The van der Waals surface area contributed by atoms with E-state index in [0.717, 1.165) is 5.69 Å². The lowest BCUT2D eigenvalue weighted by Gasteiger charge is -2.23. The highest BCUT2D eigenvalue weighted by atomic mass is 16.5. The van der Waals surface area contributed by atoms with E-state index < -0.39 is 0 Å². The second-order valence-electron chi connectivity index (χ2n) is 3.03. The highest BCUT2D eigenvalue weighted by Gasteiger charge is 2.26. The van der Waals surface area contributed by atoms with Gasteiger partial charge in [-0.15, -0.1) is 0 Å². The number of anilines is 1. The Balaban J connectivity index is 2.30. The van der Waals surface area contributed by atoms with Crippen LogP contribution in [0.1, 0.15) is 0 Å². The first-order chi connectivity index (χ1) is 6.83. The second-order valence-corrected chi connectivity index (χ2v) is 3.03. The van der Waals surface area contributed by atoms with E-state index >= 15 is 0 Å². The summed E-state index contributed by atoms with van der Waals surface area (Å²) in [5, 5.41) is 0. The summed E-state index contributed by atoms with van der Waals surface area (Å²) >= 11 is 0. The molecule has 0 N–H and O–H groups in total. The molecule has 2 rings (SSSR count). The average Bonchev–Trinajstić information content (AvgIpc) is 2.61. The number of amides is 1. The van der Waals surface area contributed by atoms with Crippen LogP contribution >= 0.6 is 0 Å². The molecule has 0 fully saturated rings. The van der Waals surface area contributed by atoms with Gasteiger partial charge in [0.2, 0.25) is 0 Å². The summed E-state index contributed by atoms with van der Waals surface area (Å²) in [5.74, 6) is -0.0388. The molecule has 3 nitrogen and oxygen atoms in total. The molecule has 1 aliphatic heterocycles. The van der Waals surface area contributed by atoms with Crippen LogP contribution in [0, 0.1) is 0 Å². The van der Waals surface area contributed by atoms with Gasteiger partial charge in [0.1, 0.15) is 0 Å². The van der Waals surface area contributed by atoms with Crippen LogP contribution in [0.4, 0.5) is 5.69 Å². The summed E-state index contributed by atoms with van der Waals surface area (Å²) in [6.07, 6.45) is 3.00. The number of nitrogens with zero attached hydrogens (tertiary/aromatic N) is 1. The number of benzene rings is 1. The standard InChI is InChI=1S/C11H11NO2/c1-14-11-8-7-10(13)12(11)9-5-3-2-4-6-9/h2-8,11H,1H3. The zero-order valence-electron chi connectivity index (χ0n) is 7.88. The Kier molecular flexibility index (Phi) is 2.33. The van der Waals surface area contributed by atoms with Crippen LogP contribution in [0.3, 0.4) is 0 Å². The fraction of sp³-hybridized carbons (Fsp3) is 0.182.